The molecule has 0 N–H and O–H groups in total. The number of epoxide rings is 1. The summed E-state index contributed by atoms with van der Waals surface area (Å²) in [7, 11) is 1.63. The van der Waals surface area contributed by atoms with Crippen molar-refractivity contribution in [1.82, 2.24) is 0 Å². The van der Waals surface area contributed by atoms with Crippen LogP contribution in [0.3, 0.4) is 0 Å². The van der Waals surface area contributed by atoms with Gasteiger partial charge in [0, 0.05) is 12.7 Å². The van der Waals surface area contributed by atoms with Crippen LogP contribution in [-0.4, -0.2) is 44.4 Å². The molecule has 1 aromatic carbocycles. The molecular weight excluding hydrogens is 248 g/mol. The molecule has 3 aliphatic rings. The van der Waals surface area contributed by atoms with Crippen molar-refractivity contribution in [2.45, 2.75) is 37.0 Å². The smallest absolute Gasteiger partial charge is 0.186 e. The van der Waals surface area contributed by atoms with Crippen molar-refractivity contribution in [3.05, 3.63) is 35.9 Å². The number of ether oxygens (including phenoxy) is 5. The van der Waals surface area contributed by atoms with E-state index in [4.69, 9.17) is 23.7 Å². The van der Waals surface area contributed by atoms with Gasteiger partial charge in [-0.05, 0) is 0 Å². The number of hydrogen-bond donors (Lipinski definition) is 0. The highest BCUT2D eigenvalue weighted by Crippen LogP contribution is 2.43. The third-order valence-electron chi connectivity index (χ3n) is 3.83. The van der Waals surface area contributed by atoms with E-state index in [2.05, 4.69) is 0 Å². The molecule has 0 spiro atoms. The lowest BCUT2D eigenvalue weighted by Gasteiger charge is -2.39. The van der Waals surface area contributed by atoms with Gasteiger partial charge in [-0.3, -0.25) is 0 Å². The lowest BCUT2D eigenvalue weighted by atomic mass is 10.0. The average molecular weight is 264 g/mol. The van der Waals surface area contributed by atoms with Crippen LogP contribution in [0.25, 0.3) is 0 Å². The minimum atomic E-state index is -0.338. The van der Waals surface area contributed by atoms with Crippen LogP contribution in [0.2, 0.25) is 0 Å². The Bertz CT molecular complexity index is 450. The molecule has 3 aliphatic heterocycles. The molecule has 0 amide bonds. The zero-order valence-electron chi connectivity index (χ0n) is 10.6. The normalized spacial score (nSPS) is 44.3. The van der Waals surface area contributed by atoms with Crippen LogP contribution in [0.5, 0.6) is 0 Å². The highest BCUT2D eigenvalue weighted by atomic mass is 16.8. The van der Waals surface area contributed by atoms with Crippen LogP contribution in [0, 0.1) is 0 Å². The van der Waals surface area contributed by atoms with Gasteiger partial charge in [0.05, 0.1) is 6.61 Å². The van der Waals surface area contributed by atoms with Gasteiger partial charge in [-0.1, -0.05) is 30.3 Å². The second-order valence-electron chi connectivity index (χ2n) is 5.02. The van der Waals surface area contributed by atoms with E-state index in [1.54, 1.807) is 7.11 Å². The van der Waals surface area contributed by atoms with Crippen LogP contribution in [0.15, 0.2) is 30.3 Å². The van der Waals surface area contributed by atoms with E-state index in [1.807, 2.05) is 30.3 Å². The van der Waals surface area contributed by atoms with Crippen molar-refractivity contribution >= 4 is 0 Å². The molecule has 19 heavy (non-hydrogen) atoms. The van der Waals surface area contributed by atoms with Gasteiger partial charge in [-0.15, -0.1) is 0 Å². The van der Waals surface area contributed by atoms with Crippen LogP contribution < -0.4 is 0 Å². The molecular formula is C14H16O5. The van der Waals surface area contributed by atoms with E-state index in [0.717, 1.165) is 5.56 Å². The van der Waals surface area contributed by atoms with Crippen LogP contribution >= 0.6 is 0 Å². The van der Waals surface area contributed by atoms with Crippen molar-refractivity contribution in [2.24, 2.45) is 0 Å². The van der Waals surface area contributed by atoms with E-state index in [0.29, 0.717) is 6.61 Å². The van der Waals surface area contributed by atoms with Gasteiger partial charge in [-0.2, -0.15) is 0 Å². The fourth-order valence-corrected chi connectivity index (χ4v) is 2.80. The van der Waals surface area contributed by atoms with Crippen molar-refractivity contribution in [2.75, 3.05) is 13.7 Å². The molecule has 3 fully saturated rings. The Morgan fingerprint density at radius 1 is 1.00 bits per heavy atom. The number of hydrogen-bond acceptors (Lipinski definition) is 5. The summed E-state index contributed by atoms with van der Waals surface area (Å²) >= 11 is 0. The Morgan fingerprint density at radius 2 is 1.84 bits per heavy atom. The summed E-state index contributed by atoms with van der Waals surface area (Å²) in [5.74, 6) is 0. The molecule has 5 nitrogen and oxygen atoms in total. The van der Waals surface area contributed by atoms with Crippen LogP contribution in [-0.2, 0) is 23.7 Å². The van der Waals surface area contributed by atoms with E-state index in [-0.39, 0.29) is 37.0 Å². The SMILES string of the molecule is CO[C@H]1O[C@@H]2CO[C@H](c3ccccc3)O[C@H]2[C@@H]2O[C@H]12. The van der Waals surface area contributed by atoms with Crippen molar-refractivity contribution in [1.29, 1.82) is 0 Å². The Labute approximate surface area is 111 Å². The second kappa shape index (κ2) is 4.54. The molecule has 3 heterocycles. The Morgan fingerprint density at radius 3 is 2.63 bits per heavy atom. The summed E-state index contributed by atoms with van der Waals surface area (Å²) in [6.07, 6.45) is -0.759. The molecule has 0 aromatic heterocycles. The maximum Gasteiger partial charge on any atom is 0.186 e. The highest BCUT2D eigenvalue weighted by molar-refractivity contribution is 5.17. The van der Waals surface area contributed by atoms with Crippen molar-refractivity contribution in [3.63, 3.8) is 0 Å². The highest BCUT2D eigenvalue weighted by Gasteiger charge is 2.60. The van der Waals surface area contributed by atoms with Gasteiger partial charge in [-0.25, -0.2) is 0 Å². The summed E-state index contributed by atoms with van der Waals surface area (Å²) in [6, 6.07) is 9.92. The van der Waals surface area contributed by atoms with E-state index in [1.165, 1.54) is 0 Å². The number of rotatable bonds is 2. The molecule has 3 saturated heterocycles. The number of fused-ring (bicyclic) bond motifs is 3. The molecule has 0 aliphatic carbocycles. The Kier molecular flexibility index (Phi) is 2.82. The fourth-order valence-electron chi connectivity index (χ4n) is 2.80. The standard InChI is InChI=1S/C14H16O5/c1-15-14-12-11(18-12)10-9(17-14)7-16-13(19-10)8-5-3-2-4-6-8/h2-6,9-14H,7H2,1H3/t9-,10-,11+,12+,13+,14+/m1/s1. The van der Waals surface area contributed by atoms with E-state index < -0.39 is 0 Å². The van der Waals surface area contributed by atoms with Crippen LogP contribution in [0.1, 0.15) is 11.9 Å². The first-order valence-corrected chi connectivity index (χ1v) is 6.52. The zero-order chi connectivity index (χ0) is 12.8. The van der Waals surface area contributed by atoms with Gasteiger partial charge in [0.2, 0.25) is 0 Å². The summed E-state index contributed by atoms with van der Waals surface area (Å²) < 4.78 is 28.4. The fraction of sp³-hybridized carbons (Fsp3) is 0.571. The van der Waals surface area contributed by atoms with E-state index >= 15 is 0 Å². The van der Waals surface area contributed by atoms with Crippen LogP contribution in [0.4, 0.5) is 0 Å². The third-order valence-corrected chi connectivity index (χ3v) is 3.83. The number of methoxy groups -OCH3 is 1. The quantitative estimate of drug-likeness (QED) is 0.752. The van der Waals surface area contributed by atoms with Crippen molar-refractivity contribution in [3.8, 4) is 0 Å². The molecule has 0 unspecified atom stereocenters. The van der Waals surface area contributed by atoms with Gasteiger partial charge in [0.15, 0.2) is 12.6 Å². The Hall–Kier alpha value is -0.980. The lowest BCUT2D eigenvalue weighted by molar-refractivity contribution is -0.304. The molecule has 6 atom stereocenters. The van der Waals surface area contributed by atoms with Gasteiger partial charge >= 0.3 is 0 Å². The predicted molar refractivity (Wildman–Crippen MR) is 64.3 cm³/mol. The monoisotopic (exact) mass is 264 g/mol. The summed E-state index contributed by atoms with van der Waals surface area (Å²) in [5.41, 5.74) is 1.02. The molecule has 0 saturated carbocycles. The topological polar surface area (TPSA) is 49.5 Å². The maximum atomic E-state index is 6.00. The molecule has 0 bridgehead atoms. The first-order chi connectivity index (χ1) is 9.36. The van der Waals surface area contributed by atoms with Gasteiger partial charge in [0.1, 0.15) is 24.4 Å². The molecule has 4 rings (SSSR count). The molecule has 1 aromatic rings. The number of benzene rings is 1. The third kappa shape index (κ3) is 1.98. The molecule has 5 heteroatoms. The minimum absolute atomic E-state index is 0.000716. The maximum absolute atomic E-state index is 6.00. The summed E-state index contributed by atoms with van der Waals surface area (Å²) in [5, 5.41) is 0. The molecule has 0 radical (unpaired) electrons. The van der Waals surface area contributed by atoms with Gasteiger partial charge in [0.25, 0.3) is 0 Å². The van der Waals surface area contributed by atoms with Crippen molar-refractivity contribution < 1.29 is 23.7 Å². The lowest BCUT2D eigenvalue weighted by Crippen LogP contribution is -2.52. The second-order valence-corrected chi connectivity index (χ2v) is 5.02. The van der Waals surface area contributed by atoms with Gasteiger partial charge < -0.3 is 23.7 Å². The minimum Gasteiger partial charge on any atom is -0.361 e. The molecule has 102 valence electrons. The summed E-state index contributed by atoms with van der Waals surface area (Å²) in [4.78, 5) is 0. The zero-order valence-corrected chi connectivity index (χ0v) is 10.6. The first-order valence-electron chi connectivity index (χ1n) is 6.52. The predicted octanol–water partition coefficient (Wildman–Crippen LogP) is 1.24. The summed E-state index contributed by atoms with van der Waals surface area (Å²) in [6.45, 7) is 0.497. The first kappa shape index (κ1) is 11.8. The largest absolute Gasteiger partial charge is 0.361 e. The van der Waals surface area contributed by atoms with E-state index in [9.17, 15) is 0 Å². The average Bonchev–Trinajstić information content (AvgIpc) is 3.27. The Balaban J connectivity index is 1.50.